The van der Waals surface area contributed by atoms with Crippen molar-refractivity contribution >= 4 is 40.1 Å². The normalized spacial score (nSPS) is 28.1. The van der Waals surface area contributed by atoms with Gasteiger partial charge >= 0.3 is 0 Å². The topological polar surface area (TPSA) is 49.4 Å². The van der Waals surface area contributed by atoms with Gasteiger partial charge < -0.3 is 5.32 Å². The molecule has 18 heavy (non-hydrogen) atoms. The SMILES string of the molecule is CC(C)[C@@H]1CSC(=S)N1C(=O)C[C@H]1CCC(=O)N1. The van der Waals surface area contributed by atoms with E-state index in [0.717, 1.165) is 12.2 Å². The van der Waals surface area contributed by atoms with Crippen molar-refractivity contribution in [3.8, 4) is 0 Å². The number of nitrogens with zero attached hydrogens (tertiary/aromatic N) is 1. The minimum atomic E-state index is -0.00814. The van der Waals surface area contributed by atoms with Gasteiger partial charge in [-0.05, 0) is 12.3 Å². The van der Waals surface area contributed by atoms with Crippen LogP contribution < -0.4 is 5.32 Å². The highest BCUT2D eigenvalue weighted by Gasteiger charge is 2.37. The molecule has 0 aromatic heterocycles. The molecular weight excluding hydrogens is 268 g/mol. The van der Waals surface area contributed by atoms with E-state index in [9.17, 15) is 9.59 Å². The van der Waals surface area contributed by atoms with Crippen molar-refractivity contribution in [2.45, 2.75) is 45.2 Å². The second-order valence-electron chi connectivity index (χ2n) is 5.16. The Labute approximate surface area is 117 Å². The van der Waals surface area contributed by atoms with E-state index in [1.54, 1.807) is 16.7 Å². The summed E-state index contributed by atoms with van der Waals surface area (Å²) in [6.45, 7) is 4.22. The lowest BCUT2D eigenvalue weighted by Crippen LogP contribution is -2.43. The van der Waals surface area contributed by atoms with Crippen LogP contribution in [-0.4, -0.2) is 38.9 Å². The van der Waals surface area contributed by atoms with Crippen LogP contribution in [0.5, 0.6) is 0 Å². The molecule has 2 saturated heterocycles. The van der Waals surface area contributed by atoms with Gasteiger partial charge in [-0.25, -0.2) is 0 Å². The second kappa shape index (κ2) is 5.57. The van der Waals surface area contributed by atoms with Gasteiger partial charge in [0.05, 0.1) is 0 Å². The number of carbonyl (C=O) groups excluding carboxylic acids is 2. The quantitative estimate of drug-likeness (QED) is 0.800. The van der Waals surface area contributed by atoms with E-state index in [0.29, 0.717) is 23.1 Å². The van der Waals surface area contributed by atoms with Crippen LogP contribution in [0.25, 0.3) is 0 Å². The van der Waals surface area contributed by atoms with Crippen molar-refractivity contribution in [3.63, 3.8) is 0 Å². The van der Waals surface area contributed by atoms with E-state index in [1.165, 1.54) is 0 Å². The first-order valence-electron chi connectivity index (χ1n) is 6.27. The second-order valence-corrected chi connectivity index (χ2v) is 6.81. The molecule has 2 aliphatic heterocycles. The Morgan fingerprint density at radius 2 is 2.33 bits per heavy atom. The Balaban J connectivity index is 1.98. The summed E-state index contributed by atoms with van der Waals surface area (Å²) in [7, 11) is 0. The molecule has 2 aliphatic rings. The van der Waals surface area contributed by atoms with E-state index in [1.807, 2.05) is 0 Å². The van der Waals surface area contributed by atoms with E-state index < -0.39 is 0 Å². The van der Waals surface area contributed by atoms with Gasteiger partial charge in [-0.2, -0.15) is 0 Å². The minimum absolute atomic E-state index is 0.00814. The van der Waals surface area contributed by atoms with Gasteiger partial charge in [-0.3, -0.25) is 14.5 Å². The van der Waals surface area contributed by atoms with E-state index >= 15 is 0 Å². The van der Waals surface area contributed by atoms with E-state index in [4.69, 9.17) is 12.2 Å². The van der Waals surface area contributed by atoms with E-state index in [-0.39, 0.29) is 23.9 Å². The minimum Gasteiger partial charge on any atom is -0.353 e. The lowest BCUT2D eigenvalue weighted by atomic mass is 10.0. The van der Waals surface area contributed by atoms with E-state index in [2.05, 4.69) is 19.2 Å². The van der Waals surface area contributed by atoms with Gasteiger partial charge in [0, 0.05) is 30.7 Å². The fourth-order valence-electron chi connectivity index (χ4n) is 2.35. The molecule has 2 atom stereocenters. The molecule has 2 rings (SSSR count). The molecule has 0 saturated carbocycles. The fraction of sp³-hybridized carbons (Fsp3) is 0.750. The molecule has 0 bridgehead atoms. The van der Waals surface area contributed by atoms with Crippen molar-refractivity contribution in [1.29, 1.82) is 0 Å². The summed E-state index contributed by atoms with van der Waals surface area (Å²) in [6, 6.07) is 0.193. The average Bonchev–Trinajstić information content (AvgIpc) is 2.85. The number of nitrogens with one attached hydrogen (secondary N) is 1. The monoisotopic (exact) mass is 286 g/mol. The van der Waals surface area contributed by atoms with Crippen molar-refractivity contribution in [1.82, 2.24) is 10.2 Å². The number of carbonyl (C=O) groups is 2. The number of thiocarbonyl (C=S) groups is 1. The first-order chi connectivity index (χ1) is 8.49. The summed E-state index contributed by atoms with van der Waals surface area (Å²) in [5.74, 6) is 1.39. The molecule has 100 valence electrons. The van der Waals surface area contributed by atoms with Crippen LogP contribution in [0.2, 0.25) is 0 Å². The highest BCUT2D eigenvalue weighted by Crippen LogP contribution is 2.30. The van der Waals surface area contributed by atoms with Crippen molar-refractivity contribution in [3.05, 3.63) is 0 Å². The summed E-state index contributed by atoms with van der Waals surface area (Å²) in [5, 5.41) is 2.83. The third kappa shape index (κ3) is 2.85. The number of amides is 2. The average molecular weight is 286 g/mol. The third-order valence-electron chi connectivity index (χ3n) is 3.45. The molecule has 0 spiro atoms. The van der Waals surface area contributed by atoms with Crippen LogP contribution in [0.4, 0.5) is 0 Å². The summed E-state index contributed by atoms with van der Waals surface area (Å²) < 4.78 is 0.683. The number of hydrogen-bond acceptors (Lipinski definition) is 4. The zero-order chi connectivity index (χ0) is 13.3. The highest BCUT2D eigenvalue weighted by molar-refractivity contribution is 8.23. The predicted molar refractivity (Wildman–Crippen MR) is 76.3 cm³/mol. The summed E-state index contributed by atoms with van der Waals surface area (Å²) in [4.78, 5) is 25.2. The Bertz CT molecular complexity index is 384. The van der Waals surface area contributed by atoms with Crippen LogP contribution in [0.15, 0.2) is 0 Å². The molecule has 4 nitrogen and oxygen atoms in total. The van der Waals surface area contributed by atoms with Gasteiger partial charge in [-0.1, -0.05) is 37.8 Å². The van der Waals surface area contributed by atoms with Crippen LogP contribution in [0, 0.1) is 5.92 Å². The lowest BCUT2D eigenvalue weighted by Gasteiger charge is -2.27. The van der Waals surface area contributed by atoms with Crippen LogP contribution >= 0.6 is 24.0 Å². The largest absolute Gasteiger partial charge is 0.353 e. The molecule has 0 radical (unpaired) electrons. The lowest BCUT2D eigenvalue weighted by molar-refractivity contribution is -0.129. The molecular formula is C12H18N2O2S2. The molecule has 0 aliphatic carbocycles. The molecule has 1 N–H and O–H groups in total. The van der Waals surface area contributed by atoms with Gasteiger partial charge in [0.2, 0.25) is 11.8 Å². The van der Waals surface area contributed by atoms with Crippen LogP contribution in [-0.2, 0) is 9.59 Å². The van der Waals surface area contributed by atoms with Gasteiger partial charge in [0.1, 0.15) is 4.32 Å². The zero-order valence-electron chi connectivity index (χ0n) is 10.6. The van der Waals surface area contributed by atoms with Crippen molar-refractivity contribution in [2.24, 2.45) is 5.92 Å². The predicted octanol–water partition coefficient (Wildman–Crippen LogP) is 1.54. The molecule has 2 heterocycles. The van der Waals surface area contributed by atoms with Crippen molar-refractivity contribution < 1.29 is 9.59 Å². The smallest absolute Gasteiger partial charge is 0.230 e. The van der Waals surface area contributed by atoms with Crippen LogP contribution in [0.3, 0.4) is 0 Å². The molecule has 0 aromatic carbocycles. The Morgan fingerprint density at radius 1 is 1.61 bits per heavy atom. The standard InChI is InChI=1S/C12H18N2O2S2/c1-7(2)9-6-18-12(17)14(9)11(16)5-8-3-4-10(15)13-8/h7-9H,3-6H2,1-2H3,(H,13,15)/t8-,9+/m1/s1. The first-order valence-corrected chi connectivity index (χ1v) is 7.66. The van der Waals surface area contributed by atoms with Crippen molar-refractivity contribution in [2.75, 3.05) is 5.75 Å². The number of hydrogen-bond donors (Lipinski definition) is 1. The van der Waals surface area contributed by atoms with Gasteiger partial charge in [-0.15, -0.1) is 0 Å². The molecule has 6 heteroatoms. The number of rotatable bonds is 3. The third-order valence-corrected chi connectivity index (χ3v) is 4.95. The maximum Gasteiger partial charge on any atom is 0.230 e. The maximum atomic E-state index is 12.3. The molecule has 2 amide bonds. The molecule has 0 unspecified atom stereocenters. The molecule has 0 aromatic rings. The Kier molecular flexibility index (Phi) is 4.27. The van der Waals surface area contributed by atoms with Crippen LogP contribution in [0.1, 0.15) is 33.1 Å². The van der Waals surface area contributed by atoms with Gasteiger partial charge in [0.15, 0.2) is 0 Å². The zero-order valence-corrected chi connectivity index (χ0v) is 12.3. The van der Waals surface area contributed by atoms with Gasteiger partial charge in [0.25, 0.3) is 0 Å². The fourth-order valence-corrected chi connectivity index (χ4v) is 4.02. The first kappa shape index (κ1) is 13.8. The summed E-state index contributed by atoms with van der Waals surface area (Å²) in [5.41, 5.74) is 0. The maximum absolute atomic E-state index is 12.3. The molecule has 2 fully saturated rings. The Hall–Kier alpha value is -0.620. The summed E-state index contributed by atoms with van der Waals surface area (Å²) in [6.07, 6.45) is 1.66. The Morgan fingerprint density at radius 3 is 2.89 bits per heavy atom. The summed E-state index contributed by atoms with van der Waals surface area (Å²) >= 11 is 6.84. The number of thioether (sulfide) groups is 1. The highest BCUT2D eigenvalue weighted by atomic mass is 32.2.